The van der Waals surface area contributed by atoms with Gasteiger partial charge in [0, 0.05) is 17.0 Å². The molecule has 0 saturated heterocycles. The third-order valence-electron chi connectivity index (χ3n) is 6.27. The molecule has 1 unspecified atom stereocenters. The maximum absolute atomic E-state index is 14.2. The second-order valence-corrected chi connectivity index (χ2v) is 11.8. The van der Waals surface area contributed by atoms with Crippen molar-refractivity contribution < 1.29 is 30.8 Å². The lowest BCUT2D eigenvalue weighted by Crippen LogP contribution is -2.52. The van der Waals surface area contributed by atoms with Gasteiger partial charge >= 0.3 is 6.18 Å². The van der Waals surface area contributed by atoms with Crippen LogP contribution in [0.2, 0.25) is 0 Å². The molecule has 1 amide bonds. The van der Waals surface area contributed by atoms with E-state index in [9.17, 15) is 31.6 Å². The van der Waals surface area contributed by atoms with E-state index in [1.165, 1.54) is 36.4 Å². The summed E-state index contributed by atoms with van der Waals surface area (Å²) in [6.45, 7) is 3.60. The van der Waals surface area contributed by atoms with E-state index >= 15 is 0 Å². The van der Waals surface area contributed by atoms with Crippen LogP contribution in [-0.4, -0.2) is 38.3 Å². The SMILES string of the molecule is CC(C)C[C@H](NC(c1ccc2c(c1)oc1ccc(S(C)(=O)=O)cc12)C(F)(F)F)C(=O)NC1(C#N)CC1. The van der Waals surface area contributed by atoms with Gasteiger partial charge in [0.1, 0.15) is 22.7 Å². The fraction of sp³-hybridized carbons (Fsp3) is 0.440. The highest BCUT2D eigenvalue weighted by atomic mass is 32.2. The predicted octanol–water partition coefficient (Wildman–Crippen LogP) is 4.77. The van der Waals surface area contributed by atoms with E-state index in [-0.39, 0.29) is 28.4 Å². The number of amides is 1. The Balaban J connectivity index is 1.70. The molecule has 2 aromatic carbocycles. The quantitative estimate of drug-likeness (QED) is 0.442. The molecule has 1 heterocycles. The van der Waals surface area contributed by atoms with Gasteiger partial charge in [0.05, 0.1) is 17.0 Å². The minimum Gasteiger partial charge on any atom is -0.456 e. The summed E-state index contributed by atoms with van der Waals surface area (Å²) in [6, 6.07) is 6.95. The highest BCUT2D eigenvalue weighted by Crippen LogP contribution is 2.38. The molecule has 0 bridgehead atoms. The zero-order chi connectivity index (χ0) is 26.5. The number of nitrogens with one attached hydrogen (secondary N) is 2. The Kier molecular flexibility index (Phi) is 6.56. The molecule has 1 aromatic heterocycles. The van der Waals surface area contributed by atoms with E-state index < -0.39 is 39.5 Å². The molecule has 1 fully saturated rings. The monoisotopic (exact) mass is 521 g/mol. The van der Waals surface area contributed by atoms with Crippen LogP contribution in [0, 0.1) is 17.2 Å². The van der Waals surface area contributed by atoms with E-state index in [0.717, 1.165) is 6.26 Å². The van der Waals surface area contributed by atoms with Crippen LogP contribution >= 0.6 is 0 Å². The van der Waals surface area contributed by atoms with Crippen molar-refractivity contribution in [3.05, 3.63) is 42.0 Å². The summed E-state index contributed by atoms with van der Waals surface area (Å²) in [4.78, 5) is 12.9. The number of fused-ring (bicyclic) bond motifs is 3. The van der Waals surface area contributed by atoms with Crippen LogP contribution in [0.25, 0.3) is 21.9 Å². The number of carbonyl (C=O) groups is 1. The molecular weight excluding hydrogens is 495 g/mol. The summed E-state index contributed by atoms with van der Waals surface area (Å²) in [5, 5.41) is 15.3. The molecule has 11 heteroatoms. The normalized spacial score (nSPS) is 17.2. The second-order valence-electron chi connectivity index (χ2n) is 9.79. The summed E-state index contributed by atoms with van der Waals surface area (Å²) in [6.07, 6.45) is -2.59. The topological polar surface area (TPSA) is 112 Å². The summed E-state index contributed by atoms with van der Waals surface area (Å²) in [7, 11) is -3.48. The third-order valence-corrected chi connectivity index (χ3v) is 7.38. The van der Waals surface area contributed by atoms with Gasteiger partial charge in [-0.25, -0.2) is 8.42 Å². The van der Waals surface area contributed by atoms with E-state index in [1.807, 2.05) is 6.07 Å². The van der Waals surface area contributed by atoms with E-state index in [0.29, 0.717) is 29.2 Å². The van der Waals surface area contributed by atoms with Gasteiger partial charge in [-0.3, -0.25) is 10.1 Å². The number of nitriles is 1. The Labute approximate surface area is 206 Å². The number of nitrogens with zero attached hydrogens (tertiary/aromatic N) is 1. The smallest absolute Gasteiger partial charge is 0.407 e. The number of rotatable bonds is 8. The van der Waals surface area contributed by atoms with Gasteiger partial charge < -0.3 is 9.73 Å². The van der Waals surface area contributed by atoms with E-state index in [4.69, 9.17) is 4.42 Å². The summed E-state index contributed by atoms with van der Waals surface area (Å²) >= 11 is 0. The summed E-state index contributed by atoms with van der Waals surface area (Å²) < 4.78 is 72.2. The first-order valence-corrected chi connectivity index (χ1v) is 13.3. The van der Waals surface area contributed by atoms with Gasteiger partial charge in [-0.2, -0.15) is 18.4 Å². The van der Waals surface area contributed by atoms with Crippen molar-refractivity contribution in [1.82, 2.24) is 10.6 Å². The molecule has 3 aromatic rings. The van der Waals surface area contributed by atoms with Crippen molar-refractivity contribution in [3.63, 3.8) is 0 Å². The molecule has 4 rings (SSSR count). The average Bonchev–Trinajstić information content (AvgIpc) is 3.45. The predicted molar refractivity (Wildman–Crippen MR) is 128 cm³/mol. The fourth-order valence-electron chi connectivity index (χ4n) is 4.20. The Morgan fingerprint density at radius 2 is 1.83 bits per heavy atom. The molecule has 0 aliphatic heterocycles. The van der Waals surface area contributed by atoms with Crippen LogP contribution in [0.15, 0.2) is 45.7 Å². The van der Waals surface area contributed by atoms with Crippen molar-refractivity contribution in [3.8, 4) is 6.07 Å². The van der Waals surface area contributed by atoms with Gasteiger partial charge in [0.15, 0.2) is 9.84 Å². The molecule has 0 spiro atoms. The Morgan fingerprint density at radius 3 is 2.39 bits per heavy atom. The van der Waals surface area contributed by atoms with Crippen molar-refractivity contribution in [1.29, 1.82) is 5.26 Å². The summed E-state index contributed by atoms with van der Waals surface area (Å²) in [5.74, 6) is -0.726. The first-order valence-electron chi connectivity index (χ1n) is 11.4. The van der Waals surface area contributed by atoms with Crippen molar-refractivity contribution >= 4 is 37.7 Å². The molecule has 192 valence electrons. The fourth-order valence-corrected chi connectivity index (χ4v) is 4.85. The highest BCUT2D eigenvalue weighted by Gasteiger charge is 2.47. The van der Waals surface area contributed by atoms with Gasteiger partial charge in [0.2, 0.25) is 5.91 Å². The number of hydrogen-bond acceptors (Lipinski definition) is 6. The molecular formula is C25H26F3N3O4S. The van der Waals surface area contributed by atoms with Crippen LogP contribution in [-0.2, 0) is 14.6 Å². The molecule has 0 radical (unpaired) electrons. The molecule has 1 saturated carbocycles. The van der Waals surface area contributed by atoms with Gasteiger partial charge in [0.25, 0.3) is 0 Å². The van der Waals surface area contributed by atoms with Gasteiger partial charge in [-0.1, -0.05) is 26.0 Å². The Hall–Kier alpha value is -3.10. The molecule has 1 aliphatic carbocycles. The minimum absolute atomic E-state index is 0.0740. The second kappa shape index (κ2) is 9.09. The molecule has 36 heavy (non-hydrogen) atoms. The first-order chi connectivity index (χ1) is 16.7. The average molecular weight is 522 g/mol. The zero-order valence-electron chi connectivity index (χ0n) is 19.9. The van der Waals surface area contributed by atoms with Crippen LogP contribution in [0.5, 0.6) is 0 Å². The number of hydrogen-bond donors (Lipinski definition) is 2. The molecule has 1 aliphatic rings. The van der Waals surface area contributed by atoms with Crippen molar-refractivity contribution in [2.24, 2.45) is 5.92 Å². The van der Waals surface area contributed by atoms with E-state index in [2.05, 4.69) is 10.6 Å². The summed E-state index contributed by atoms with van der Waals surface area (Å²) in [5.41, 5.74) is -0.648. The maximum atomic E-state index is 14.2. The van der Waals surface area contributed by atoms with Crippen LogP contribution in [0.3, 0.4) is 0 Å². The van der Waals surface area contributed by atoms with E-state index in [1.54, 1.807) is 13.8 Å². The van der Waals surface area contributed by atoms with Crippen LogP contribution in [0.4, 0.5) is 13.2 Å². The lowest BCUT2D eigenvalue weighted by Gasteiger charge is -2.29. The zero-order valence-corrected chi connectivity index (χ0v) is 20.8. The first kappa shape index (κ1) is 26.0. The van der Waals surface area contributed by atoms with Crippen molar-refractivity contribution in [2.45, 2.75) is 61.8 Å². The largest absolute Gasteiger partial charge is 0.456 e. The minimum atomic E-state index is -4.73. The highest BCUT2D eigenvalue weighted by molar-refractivity contribution is 7.90. The number of halogens is 3. The lowest BCUT2D eigenvalue weighted by molar-refractivity contribution is -0.161. The number of furan rings is 1. The molecule has 2 atom stereocenters. The molecule has 7 nitrogen and oxygen atoms in total. The maximum Gasteiger partial charge on any atom is 0.407 e. The molecule has 2 N–H and O–H groups in total. The number of alkyl halides is 3. The number of carbonyl (C=O) groups excluding carboxylic acids is 1. The van der Waals surface area contributed by atoms with Crippen LogP contribution < -0.4 is 10.6 Å². The van der Waals surface area contributed by atoms with Crippen molar-refractivity contribution in [2.75, 3.05) is 6.26 Å². The standard InChI is InChI=1S/C25H26F3N3O4S/c1-14(2)10-19(23(32)31-24(13-29)8-9-24)30-22(25(26,27)28)15-4-6-17-18-12-16(36(3,33)34)5-7-20(18)35-21(17)11-15/h4-7,11-12,14,19,22,30H,8-10H2,1-3H3,(H,31,32)/t19-,22?/m0/s1. The Bertz CT molecular complexity index is 1470. The lowest BCUT2D eigenvalue weighted by atomic mass is 9.98. The van der Waals surface area contributed by atoms with Gasteiger partial charge in [-0.05, 0) is 55.0 Å². The number of benzene rings is 2. The van der Waals surface area contributed by atoms with Crippen LogP contribution in [0.1, 0.15) is 44.7 Å². The number of sulfone groups is 1. The Morgan fingerprint density at radius 1 is 1.14 bits per heavy atom. The van der Waals surface area contributed by atoms with Gasteiger partial charge in [-0.15, -0.1) is 0 Å². The third kappa shape index (κ3) is 5.34.